The second-order valence-electron chi connectivity index (χ2n) is 3.74. The number of imidazole rings is 1. The van der Waals surface area contributed by atoms with E-state index in [0.717, 1.165) is 5.69 Å². The Balaban J connectivity index is 2.38. The van der Waals surface area contributed by atoms with Gasteiger partial charge < -0.3 is 9.88 Å². The Bertz CT molecular complexity index is 591. The quantitative estimate of drug-likeness (QED) is 0.865. The molecule has 0 radical (unpaired) electrons. The third-order valence-electron chi connectivity index (χ3n) is 2.50. The van der Waals surface area contributed by atoms with Gasteiger partial charge in [0.15, 0.2) is 0 Å². The Kier molecular flexibility index (Phi) is 3.81. The number of terminal acetylenes is 1. The van der Waals surface area contributed by atoms with Crippen LogP contribution in [0.2, 0.25) is 10.0 Å². The second kappa shape index (κ2) is 5.34. The molecule has 1 aromatic carbocycles. The van der Waals surface area contributed by atoms with E-state index in [4.69, 9.17) is 29.6 Å². The van der Waals surface area contributed by atoms with Gasteiger partial charge in [0.25, 0.3) is 0 Å². The lowest BCUT2D eigenvalue weighted by atomic mass is 10.3. The van der Waals surface area contributed by atoms with Crippen molar-refractivity contribution in [3.63, 3.8) is 0 Å². The molecule has 3 nitrogen and oxygen atoms in total. The summed E-state index contributed by atoms with van der Waals surface area (Å²) >= 11 is 12.2. The molecule has 0 fully saturated rings. The summed E-state index contributed by atoms with van der Waals surface area (Å²) in [5.74, 6) is 3.21. The summed E-state index contributed by atoms with van der Waals surface area (Å²) in [5.41, 5.74) is 1.60. The average molecular weight is 280 g/mol. The van der Waals surface area contributed by atoms with Crippen molar-refractivity contribution < 1.29 is 0 Å². The number of nitrogens with one attached hydrogen (secondary N) is 1. The Morgan fingerprint density at radius 3 is 2.67 bits per heavy atom. The van der Waals surface area contributed by atoms with E-state index in [2.05, 4.69) is 16.2 Å². The van der Waals surface area contributed by atoms with E-state index in [9.17, 15) is 0 Å². The molecular weight excluding hydrogens is 269 g/mol. The van der Waals surface area contributed by atoms with Gasteiger partial charge in [0.05, 0.1) is 28.5 Å². The van der Waals surface area contributed by atoms with Gasteiger partial charge in [-0.25, -0.2) is 4.98 Å². The van der Waals surface area contributed by atoms with Gasteiger partial charge in [-0.3, -0.25) is 0 Å². The maximum atomic E-state index is 6.09. The number of halogens is 2. The second-order valence-corrected chi connectivity index (χ2v) is 4.55. The summed E-state index contributed by atoms with van der Waals surface area (Å²) in [6.07, 6.45) is 7.07. The lowest BCUT2D eigenvalue weighted by Crippen LogP contribution is -2.05. The van der Waals surface area contributed by atoms with Gasteiger partial charge in [0.2, 0.25) is 5.95 Å². The van der Waals surface area contributed by atoms with Crippen LogP contribution in [0.3, 0.4) is 0 Å². The zero-order chi connectivity index (χ0) is 13.1. The van der Waals surface area contributed by atoms with Crippen LogP contribution in [-0.2, 0) is 6.54 Å². The number of rotatable bonds is 3. The fraction of sp³-hybridized carbons (Fsp3) is 0.154. The number of aromatic nitrogens is 2. The van der Waals surface area contributed by atoms with Crippen LogP contribution in [0, 0.1) is 19.3 Å². The molecule has 0 saturated carbocycles. The minimum absolute atomic E-state index is 0.441. The highest BCUT2D eigenvalue weighted by Gasteiger charge is 2.10. The van der Waals surface area contributed by atoms with Crippen molar-refractivity contribution in [3.8, 4) is 12.3 Å². The van der Waals surface area contributed by atoms with E-state index in [1.807, 2.05) is 11.5 Å². The molecule has 0 bridgehead atoms. The lowest BCUT2D eigenvalue weighted by Gasteiger charge is -2.11. The van der Waals surface area contributed by atoms with E-state index in [1.165, 1.54) is 0 Å². The molecule has 0 amide bonds. The summed E-state index contributed by atoms with van der Waals surface area (Å²) < 4.78 is 1.87. The topological polar surface area (TPSA) is 29.9 Å². The van der Waals surface area contributed by atoms with Gasteiger partial charge >= 0.3 is 0 Å². The minimum atomic E-state index is 0.441. The zero-order valence-electron chi connectivity index (χ0n) is 9.74. The monoisotopic (exact) mass is 279 g/mol. The molecule has 0 spiro atoms. The summed E-state index contributed by atoms with van der Waals surface area (Å²) in [6, 6.07) is 5.31. The highest BCUT2D eigenvalue weighted by atomic mass is 35.5. The molecule has 0 aliphatic heterocycles. The normalized spacial score (nSPS) is 10.1. The molecule has 0 aliphatic carbocycles. The molecule has 0 saturated heterocycles. The molecule has 0 aliphatic rings. The van der Waals surface area contributed by atoms with Crippen LogP contribution < -0.4 is 5.32 Å². The maximum absolute atomic E-state index is 6.09. The summed E-state index contributed by atoms with van der Waals surface area (Å²) in [5, 5.41) is 4.18. The minimum Gasteiger partial charge on any atom is -0.323 e. The molecule has 0 atom stereocenters. The molecule has 2 aromatic rings. The van der Waals surface area contributed by atoms with Crippen molar-refractivity contribution in [2.24, 2.45) is 0 Å². The predicted molar refractivity (Wildman–Crippen MR) is 75.5 cm³/mol. The van der Waals surface area contributed by atoms with Crippen LogP contribution in [0.1, 0.15) is 5.69 Å². The standard InChI is InChI=1S/C13H11Cl2N3/c1-3-7-18-9(2)8-16-13(18)17-12-10(14)5-4-6-11(12)15/h1,4-6,8H,7H2,2H3,(H,16,17). The number of hydrogen-bond acceptors (Lipinski definition) is 2. The molecule has 1 heterocycles. The van der Waals surface area contributed by atoms with Crippen molar-refractivity contribution in [2.75, 3.05) is 5.32 Å². The Hall–Kier alpha value is -1.63. The molecule has 2 rings (SSSR count). The van der Waals surface area contributed by atoms with E-state index in [-0.39, 0.29) is 0 Å². The van der Waals surface area contributed by atoms with Gasteiger partial charge in [-0.05, 0) is 19.1 Å². The summed E-state index contributed by atoms with van der Waals surface area (Å²) in [4.78, 5) is 4.25. The number of para-hydroxylation sites is 1. The van der Waals surface area contributed by atoms with E-state index in [0.29, 0.717) is 28.2 Å². The number of nitrogens with zero attached hydrogens (tertiary/aromatic N) is 2. The number of anilines is 2. The first-order chi connectivity index (χ1) is 8.63. The molecule has 92 valence electrons. The van der Waals surface area contributed by atoms with E-state index < -0.39 is 0 Å². The Morgan fingerprint density at radius 1 is 1.39 bits per heavy atom. The summed E-state index contributed by atoms with van der Waals surface area (Å²) in [6.45, 7) is 2.37. The first-order valence-corrected chi connectivity index (χ1v) is 6.05. The van der Waals surface area contributed by atoms with Crippen LogP contribution >= 0.6 is 23.2 Å². The van der Waals surface area contributed by atoms with Crippen LogP contribution in [-0.4, -0.2) is 9.55 Å². The average Bonchev–Trinajstić information content (AvgIpc) is 2.67. The first kappa shape index (κ1) is 12.8. The highest BCUT2D eigenvalue weighted by molar-refractivity contribution is 6.39. The van der Waals surface area contributed by atoms with Crippen molar-refractivity contribution in [3.05, 3.63) is 40.1 Å². The molecule has 1 aromatic heterocycles. The Morgan fingerprint density at radius 2 is 2.06 bits per heavy atom. The van der Waals surface area contributed by atoms with E-state index >= 15 is 0 Å². The SMILES string of the molecule is C#CCn1c(C)cnc1Nc1c(Cl)cccc1Cl. The van der Waals surface area contributed by atoms with E-state index in [1.54, 1.807) is 24.4 Å². The third kappa shape index (κ3) is 2.45. The number of aryl methyl sites for hydroxylation is 1. The van der Waals surface area contributed by atoms with Crippen molar-refractivity contribution in [1.29, 1.82) is 0 Å². The van der Waals surface area contributed by atoms with Crippen molar-refractivity contribution in [1.82, 2.24) is 9.55 Å². The van der Waals surface area contributed by atoms with Crippen molar-refractivity contribution >= 4 is 34.8 Å². The fourth-order valence-corrected chi connectivity index (χ4v) is 2.07. The summed E-state index contributed by atoms with van der Waals surface area (Å²) in [7, 11) is 0. The maximum Gasteiger partial charge on any atom is 0.208 e. The molecule has 18 heavy (non-hydrogen) atoms. The predicted octanol–water partition coefficient (Wildman–Crippen LogP) is 3.88. The molecule has 0 unspecified atom stereocenters. The number of benzene rings is 1. The largest absolute Gasteiger partial charge is 0.323 e. The van der Waals surface area contributed by atoms with Gasteiger partial charge in [0.1, 0.15) is 0 Å². The lowest BCUT2D eigenvalue weighted by molar-refractivity contribution is 0.819. The number of hydrogen-bond donors (Lipinski definition) is 1. The highest BCUT2D eigenvalue weighted by Crippen LogP contribution is 2.32. The van der Waals surface area contributed by atoms with Gasteiger partial charge in [-0.2, -0.15) is 0 Å². The van der Waals surface area contributed by atoms with Gasteiger partial charge in [0, 0.05) is 5.69 Å². The zero-order valence-corrected chi connectivity index (χ0v) is 11.3. The van der Waals surface area contributed by atoms with Crippen LogP contribution in [0.15, 0.2) is 24.4 Å². The van der Waals surface area contributed by atoms with Crippen LogP contribution in [0.5, 0.6) is 0 Å². The molecular formula is C13H11Cl2N3. The molecule has 1 N–H and O–H groups in total. The fourth-order valence-electron chi connectivity index (χ4n) is 1.58. The van der Waals surface area contributed by atoms with Gasteiger partial charge in [-0.15, -0.1) is 6.42 Å². The Labute approximate surface area is 116 Å². The van der Waals surface area contributed by atoms with Crippen molar-refractivity contribution in [2.45, 2.75) is 13.5 Å². The van der Waals surface area contributed by atoms with Crippen LogP contribution in [0.4, 0.5) is 11.6 Å². The molecule has 5 heteroatoms. The first-order valence-electron chi connectivity index (χ1n) is 5.30. The third-order valence-corrected chi connectivity index (χ3v) is 3.13. The van der Waals surface area contributed by atoms with Gasteiger partial charge in [-0.1, -0.05) is 35.2 Å². The van der Waals surface area contributed by atoms with Crippen LogP contribution in [0.25, 0.3) is 0 Å². The smallest absolute Gasteiger partial charge is 0.208 e.